The summed E-state index contributed by atoms with van der Waals surface area (Å²) in [5, 5.41) is 9.11. The number of carbonyl (C=O) groups is 1. The Kier molecular flexibility index (Phi) is 3.72. The average molecular weight is 318 g/mol. The summed E-state index contributed by atoms with van der Waals surface area (Å²) in [5.41, 5.74) is 15.3. The van der Waals surface area contributed by atoms with Gasteiger partial charge in [-0.2, -0.15) is 5.26 Å². The zero-order valence-corrected chi connectivity index (χ0v) is 12.9. The van der Waals surface area contributed by atoms with Crippen LogP contribution in [0, 0.1) is 18.3 Å². The van der Waals surface area contributed by atoms with Crippen LogP contribution in [-0.2, 0) is 0 Å². The monoisotopic (exact) mass is 318 g/mol. The van der Waals surface area contributed by atoms with E-state index in [4.69, 9.17) is 16.7 Å². The van der Waals surface area contributed by atoms with Crippen LogP contribution in [0.2, 0.25) is 0 Å². The number of H-pyrrole nitrogens is 1. The molecule has 7 heteroatoms. The van der Waals surface area contributed by atoms with Crippen molar-refractivity contribution in [2.24, 2.45) is 5.73 Å². The number of hydrogen-bond donors (Lipinski definition) is 3. The van der Waals surface area contributed by atoms with Gasteiger partial charge in [0, 0.05) is 11.8 Å². The Morgan fingerprint density at radius 3 is 2.75 bits per heavy atom. The molecule has 0 saturated carbocycles. The number of amides is 1. The van der Waals surface area contributed by atoms with Crippen molar-refractivity contribution < 1.29 is 4.79 Å². The topological polar surface area (TPSA) is 134 Å². The quantitative estimate of drug-likeness (QED) is 0.679. The first kappa shape index (κ1) is 15.2. The molecule has 1 amide bonds. The lowest BCUT2D eigenvalue weighted by Gasteiger charge is -2.06. The van der Waals surface area contributed by atoms with Gasteiger partial charge in [0.15, 0.2) is 0 Å². The number of nitrogens with one attached hydrogen (secondary N) is 1. The largest absolute Gasteiger partial charge is 0.368 e. The van der Waals surface area contributed by atoms with Gasteiger partial charge >= 0.3 is 0 Å². The van der Waals surface area contributed by atoms with Gasteiger partial charge in [-0.15, -0.1) is 0 Å². The second-order valence-electron chi connectivity index (χ2n) is 5.28. The van der Waals surface area contributed by atoms with E-state index >= 15 is 0 Å². The minimum absolute atomic E-state index is 0.131. The first-order valence-corrected chi connectivity index (χ1v) is 7.12. The van der Waals surface area contributed by atoms with E-state index in [1.807, 2.05) is 13.0 Å². The van der Waals surface area contributed by atoms with Crippen molar-refractivity contribution in [1.29, 1.82) is 5.26 Å². The van der Waals surface area contributed by atoms with E-state index in [2.05, 4.69) is 21.0 Å². The summed E-state index contributed by atoms with van der Waals surface area (Å²) in [6.07, 6.45) is 1.53. The van der Waals surface area contributed by atoms with Gasteiger partial charge < -0.3 is 16.5 Å². The Balaban J connectivity index is 2.22. The molecular weight excluding hydrogens is 304 g/mol. The van der Waals surface area contributed by atoms with Crippen LogP contribution in [-0.4, -0.2) is 20.9 Å². The SMILES string of the molecule is Cc1ccc(C#N)cc1-c1[nH]c(-c2ccnc(N)n2)cc1C(N)=O. The van der Waals surface area contributed by atoms with Crippen molar-refractivity contribution >= 4 is 11.9 Å². The predicted molar refractivity (Wildman–Crippen MR) is 89.6 cm³/mol. The lowest BCUT2D eigenvalue weighted by molar-refractivity contribution is 0.100. The van der Waals surface area contributed by atoms with E-state index in [-0.39, 0.29) is 5.95 Å². The molecule has 0 aliphatic rings. The van der Waals surface area contributed by atoms with Crippen molar-refractivity contribution in [3.8, 4) is 28.7 Å². The number of aryl methyl sites for hydroxylation is 1. The minimum atomic E-state index is -0.573. The molecule has 3 rings (SSSR count). The van der Waals surface area contributed by atoms with Gasteiger partial charge in [-0.05, 0) is 36.8 Å². The van der Waals surface area contributed by atoms with E-state index < -0.39 is 5.91 Å². The number of nitrogen functional groups attached to an aromatic ring is 1. The Hall–Kier alpha value is -3.66. The van der Waals surface area contributed by atoms with E-state index in [1.54, 1.807) is 24.3 Å². The Bertz CT molecular complexity index is 983. The van der Waals surface area contributed by atoms with Crippen LogP contribution < -0.4 is 11.5 Å². The predicted octanol–water partition coefficient (Wildman–Crippen LogP) is 2.00. The molecule has 2 aromatic heterocycles. The molecule has 0 unspecified atom stereocenters. The highest BCUT2D eigenvalue weighted by atomic mass is 16.1. The average Bonchev–Trinajstić information content (AvgIpc) is 3.01. The lowest BCUT2D eigenvalue weighted by atomic mass is 10.00. The van der Waals surface area contributed by atoms with Crippen molar-refractivity contribution in [3.05, 3.63) is 53.2 Å². The normalized spacial score (nSPS) is 10.3. The van der Waals surface area contributed by atoms with E-state index in [1.165, 1.54) is 6.20 Å². The summed E-state index contributed by atoms with van der Waals surface area (Å²) in [4.78, 5) is 23.0. The fraction of sp³-hybridized carbons (Fsp3) is 0.0588. The number of carbonyl (C=O) groups excluding carboxylic acids is 1. The van der Waals surface area contributed by atoms with Gasteiger partial charge in [-0.1, -0.05) is 6.07 Å². The molecule has 0 aliphatic carbocycles. The fourth-order valence-electron chi connectivity index (χ4n) is 2.48. The molecule has 0 spiro atoms. The molecule has 0 fully saturated rings. The van der Waals surface area contributed by atoms with E-state index in [0.29, 0.717) is 28.2 Å². The number of nitriles is 1. The smallest absolute Gasteiger partial charge is 0.250 e. The maximum atomic E-state index is 11.9. The van der Waals surface area contributed by atoms with Crippen LogP contribution >= 0.6 is 0 Å². The van der Waals surface area contributed by atoms with Crippen molar-refractivity contribution in [3.63, 3.8) is 0 Å². The van der Waals surface area contributed by atoms with Crippen LogP contribution in [0.3, 0.4) is 0 Å². The van der Waals surface area contributed by atoms with Gasteiger partial charge in [-0.3, -0.25) is 4.79 Å². The molecule has 0 saturated heterocycles. The highest BCUT2D eigenvalue weighted by Gasteiger charge is 2.18. The van der Waals surface area contributed by atoms with Gasteiger partial charge in [0.25, 0.3) is 5.91 Å². The molecule has 2 heterocycles. The van der Waals surface area contributed by atoms with Crippen LogP contribution in [0.5, 0.6) is 0 Å². The Morgan fingerprint density at radius 1 is 1.29 bits per heavy atom. The van der Waals surface area contributed by atoms with Crippen LogP contribution in [0.4, 0.5) is 5.95 Å². The number of primary amides is 1. The third-order valence-electron chi connectivity index (χ3n) is 3.67. The summed E-state index contributed by atoms with van der Waals surface area (Å²) in [7, 11) is 0. The Labute approximate surface area is 138 Å². The standard InChI is InChI=1S/C17H14N6O/c1-9-2-3-10(8-18)6-11(9)15-12(16(19)24)7-14(22-15)13-4-5-21-17(20)23-13/h2-7,22H,1H3,(H2,19,24)(H2,20,21,23). The summed E-state index contributed by atoms with van der Waals surface area (Å²) in [5.74, 6) is -0.441. The van der Waals surface area contributed by atoms with Crippen LogP contribution in [0.15, 0.2) is 36.5 Å². The molecule has 5 N–H and O–H groups in total. The highest BCUT2D eigenvalue weighted by molar-refractivity contribution is 6.01. The fourth-order valence-corrected chi connectivity index (χ4v) is 2.48. The summed E-state index contributed by atoms with van der Waals surface area (Å²) in [6.45, 7) is 1.89. The summed E-state index contributed by atoms with van der Waals surface area (Å²) in [6, 6.07) is 10.6. The number of rotatable bonds is 3. The highest BCUT2D eigenvalue weighted by Crippen LogP contribution is 2.31. The zero-order chi connectivity index (χ0) is 17.3. The van der Waals surface area contributed by atoms with Crippen molar-refractivity contribution in [2.45, 2.75) is 6.92 Å². The lowest BCUT2D eigenvalue weighted by Crippen LogP contribution is -2.11. The van der Waals surface area contributed by atoms with Gasteiger partial charge in [0.2, 0.25) is 5.95 Å². The number of nitrogens with zero attached hydrogens (tertiary/aromatic N) is 3. The second kappa shape index (κ2) is 5.85. The number of hydrogen-bond acceptors (Lipinski definition) is 5. The first-order chi connectivity index (χ1) is 11.5. The molecule has 0 aliphatic heterocycles. The zero-order valence-electron chi connectivity index (χ0n) is 12.9. The van der Waals surface area contributed by atoms with Crippen molar-refractivity contribution in [2.75, 3.05) is 5.73 Å². The summed E-state index contributed by atoms with van der Waals surface area (Å²) < 4.78 is 0. The van der Waals surface area contributed by atoms with Crippen molar-refractivity contribution in [1.82, 2.24) is 15.0 Å². The molecule has 0 atom stereocenters. The first-order valence-electron chi connectivity index (χ1n) is 7.12. The van der Waals surface area contributed by atoms with Crippen LogP contribution in [0.1, 0.15) is 21.5 Å². The molecule has 7 nitrogen and oxygen atoms in total. The number of nitrogens with two attached hydrogens (primary N) is 2. The third kappa shape index (κ3) is 2.68. The summed E-state index contributed by atoms with van der Waals surface area (Å²) >= 11 is 0. The maximum absolute atomic E-state index is 11.9. The molecule has 24 heavy (non-hydrogen) atoms. The van der Waals surface area contributed by atoms with E-state index in [0.717, 1.165) is 11.1 Å². The second-order valence-corrected chi connectivity index (χ2v) is 5.28. The molecule has 0 radical (unpaired) electrons. The number of aromatic amines is 1. The molecule has 118 valence electrons. The number of aromatic nitrogens is 3. The molecular formula is C17H14N6O. The molecule has 1 aromatic carbocycles. The van der Waals surface area contributed by atoms with Gasteiger partial charge in [0.05, 0.1) is 34.3 Å². The van der Waals surface area contributed by atoms with E-state index in [9.17, 15) is 4.79 Å². The van der Waals surface area contributed by atoms with Gasteiger partial charge in [-0.25, -0.2) is 9.97 Å². The van der Waals surface area contributed by atoms with Crippen LogP contribution in [0.25, 0.3) is 22.6 Å². The molecule has 3 aromatic rings. The number of anilines is 1. The third-order valence-corrected chi connectivity index (χ3v) is 3.67. The Morgan fingerprint density at radius 2 is 2.08 bits per heavy atom. The molecule has 0 bridgehead atoms. The number of benzene rings is 1. The minimum Gasteiger partial charge on any atom is -0.368 e. The maximum Gasteiger partial charge on any atom is 0.250 e. The van der Waals surface area contributed by atoms with Gasteiger partial charge in [0.1, 0.15) is 0 Å².